The van der Waals surface area contributed by atoms with E-state index in [-0.39, 0.29) is 0 Å². The van der Waals surface area contributed by atoms with Crippen molar-refractivity contribution in [2.24, 2.45) is 7.05 Å². The Morgan fingerprint density at radius 1 is 1.20 bits per heavy atom. The van der Waals surface area contributed by atoms with Gasteiger partial charge >= 0.3 is 90.6 Å². The van der Waals surface area contributed by atoms with Crippen LogP contribution in [-0.4, -0.2) is 24.6 Å². The Hall–Kier alpha value is -0.931. The summed E-state index contributed by atoms with van der Waals surface area (Å²) in [5.41, 5.74) is 0.846. The van der Waals surface area contributed by atoms with Crippen LogP contribution in [0.4, 0.5) is 13.2 Å². The van der Waals surface area contributed by atoms with E-state index in [1.165, 1.54) is 0 Å². The molecule has 0 N–H and O–H groups in total. The van der Waals surface area contributed by atoms with E-state index in [1.54, 1.807) is 29.9 Å². The third kappa shape index (κ3) is 2.19. The molecule has 1 aromatic carbocycles. The molecule has 0 bridgehead atoms. The van der Waals surface area contributed by atoms with Gasteiger partial charge in [0, 0.05) is 0 Å². The van der Waals surface area contributed by atoms with Crippen LogP contribution >= 0.6 is 0 Å². The molecule has 15 heavy (non-hydrogen) atoms. The Morgan fingerprint density at radius 3 is 2.53 bits per heavy atom. The summed E-state index contributed by atoms with van der Waals surface area (Å²) in [5.74, 6) is 0. The molecule has 0 fully saturated rings. The molecule has 1 nitrogen and oxygen atoms in total. The van der Waals surface area contributed by atoms with E-state index < -0.39 is 20.0 Å². The Morgan fingerprint density at radius 2 is 1.87 bits per heavy atom. The van der Waals surface area contributed by atoms with Gasteiger partial charge in [-0.2, -0.15) is 0 Å². The molecule has 0 unspecified atom stereocenters. The van der Waals surface area contributed by atoms with Crippen LogP contribution in [0, 0.1) is 0 Å². The molecule has 0 atom stereocenters. The van der Waals surface area contributed by atoms with Gasteiger partial charge in [-0.3, -0.25) is 0 Å². The number of nitrogens with zero attached hydrogens (tertiary/aromatic N) is 1. The van der Waals surface area contributed by atoms with Crippen molar-refractivity contribution in [3.63, 3.8) is 0 Å². The van der Waals surface area contributed by atoms with Crippen LogP contribution in [0.15, 0.2) is 30.5 Å². The first-order chi connectivity index (χ1) is 6.97. The van der Waals surface area contributed by atoms with E-state index in [1.807, 2.05) is 12.1 Å². The van der Waals surface area contributed by atoms with Crippen molar-refractivity contribution in [2.45, 2.75) is 5.07 Å². The summed E-state index contributed by atoms with van der Waals surface area (Å²) in [6.45, 7) is 0. The molecule has 0 aliphatic rings. The van der Waals surface area contributed by atoms with Gasteiger partial charge in [-0.1, -0.05) is 0 Å². The van der Waals surface area contributed by atoms with E-state index in [0.29, 0.717) is 9.85 Å². The minimum atomic E-state index is -4.09. The van der Waals surface area contributed by atoms with Crippen LogP contribution in [0.25, 0.3) is 10.9 Å². The molecule has 0 aliphatic carbocycles. The molecule has 0 aliphatic heterocycles. The van der Waals surface area contributed by atoms with E-state index in [2.05, 4.69) is 0 Å². The molecule has 2 rings (SSSR count). The van der Waals surface area contributed by atoms with Gasteiger partial charge in [-0.25, -0.2) is 0 Å². The first kappa shape index (κ1) is 10.6. The van der Waals surface area contributed by atoms with Crippen LogP contribution in [-0.2, 0) is 7.05 Å². The zero-order valence-corrected chi connectivity index (χ0v) is 9.59. The van der Waals surface area contributed by atoms with Gasteiger partial charge in [-0.15, -0.1) is 0 Å². The van der Waals surface area contributed by atoms with Crippen molar-refractivity contribution < 1.29 is 13.2 Å². The van der Waals surface area contributed by atoms with Crippen molar-refractivity contribution in [1.29, 1.82) is 0 Å². The number of benzene rings is 1. The van der Waals surface area contributed by atoms with Gasteiger partial charge in [0.1, 0.15) is 0 Å². The van der Waals surface area contributed by atoms with Crippen molar-refractivity contribution in [1.82, 2.24) is 4.57 Å². The molecule has 0 amide bonds. The normalized spacial score (nSPS) is 12.3. The quantitative estimate of drug-likeness (QED) is 0.703. The zero-order chi connectivity index (χ0) is 11.1. The predicted octanol–water partition coefficient (Wildman–Crippen LogP) is 2.03. The summed E-state index contributed by atoms with van der Waals surface area (Å²) in [5, 5.41) is -3.38. The summed E-state index contributed by atoms with van der Waals surface area (Å²) >= 11 is -1.46. The van der Waals surface area contributed by atoms with E-state index in [9.17, 15) is 13.2 Å². The van der Waals surface area contributed by atoms with Crippen molar-refractivity contribution in [3.05, 3.63) is 30.5 Å². The monoisotopic (exact) mass is 279 g/mol. The van der Waals surface area contributed by atoms with Gasteiger partial charge in [-0.05, 0) is 0 Å². The van der Waals surface area contributed by atoms with E-state index in [4.69, 9.17) is 0 Å². The third-order valence-electron chi connectivity index (χ3n) is 2.09. The standard InChI is InChI=1S/C10H8F3NSe/c1-14-6-9(15-10(11,12)13)7-4-2-3-5-8(7)14/h2-6H,1H3. The molecule has 1 heterocycles. The summed E-state index contributed by atoms with van der Waals surface area (Å²) < 4.78 is 39.0. The topological polar surface area (TPSA) is 4.93 Å². The Labute approximate surface area is 91.0 Å². The number of aromatic nitrogens is 1. The van der Waals surface area contributed by atoms with E-state index >= 15 is 0 Å². The van der Waals surface area contributed by atoms with Gasteiger partial charge in [0.15, 0.2) is 0 Å². The zero-order valence-electron chi connectivity index (χ0n) is 7.88. The minimum absolute atomic E-state index is 0.396. The van der Waals surface area contributed by atoms with E-state index in [0.717, 1.165) is 5.52 Å². The third-order valence-corrected chi connectivity index (χ3v) is 3.72. The number of rotatable bonds is 1. The number of para-hydroxylation sites is 1. The molecule has 5 heteroatoms. The first-order valence-corrected chi connectivity index (χ1v) is 5.98. The van der Waals surface area contributed by atoms with Gasteiger partial charge < -0.3 is 0 Å². The van der Waals surface area contributed by atoms with Gasteiger partial charge in [0.25, 0.3) is 0 Å². The fourth-order valence-corrected chi connectivity index (χ4v) is 3.07. The second-order valence-electron chi connectivity index (χ2n) is 3.17. The molecule has 2 aromatic rings. The molecule has 1 aromatic heterocycles. The van der Waals surface area contributed by atoms with Gasteiger partial charge in [0.2, 0.25) is 0 Å². The average molecular weight is 278 g/mol. The number of fused-ring (bicyclic) bond motifs is 1. The van der Waals surface area contributed by atoms with Gasteiger partial charge in [0.05, 0.1) is 0 Å². The molecule has 0 spiro atoms. The van der Waals surface area contributed by atoms with Crippen molar-refractivity contribution in [3.8, 4) is 0 Å². The second-order valence-corrected chi connectivity index (χ2v) is 5.49. The Bertz CT molecular complexity index is 487. The van der Waals surface area contributed by atoms with Crippen LogP contribution in [0.3, 0.4) is 0 Å². The van der Waals surface area contributed by atoms with Crippen LogP contribution < -0.4 is 4.46 Å². The molecule has 0 saturated carbocycles. The number of hydrogen-bond donors (Lipinski definition) is 0. The number of aryl methyl sites for hydroxylation is 1. The average Bonchev–Trinajstić information content (AvgIpc) is 2.42. The number of hydrogen-bond acceptors (Lipinski definition) is 0. The summed E-state index contributed by atoms with van der Waals surface area (Å²) in [6, 6.07) is 7.15. The molecule has 0 radical (unpaired) electrons. The van der Waals surface area contributed by atoms with Crippen LogP contribution in [0.1, 0.15) is 0 Å². The first-order valence-electron chi connectivity index (χ1n) is 4.27. The fraction of sp³-hybridized carbons (Fsp3) is 0.200. The Balaban J connectivity index is 2.53. The van der Waals surface area contributed by atoms with Crippen LogP contribution in [0.2, 0.25) is 0 Å². The van der Waals surface area contributed by atoms with Crippen LogP contribution in [0.5, 0.6) is 0 Å². The SMILES string of the molecule is Cn1cc([Se]C(F)(F)F)c2ccccc21. The maximum absolute atomic E-state index is 12.3. The summed E-state index contributed by atoms with van der Waals surface area (Å²) in [4.78, 5) is 0. The number of alkyl halides is 3. The number of halogens is 3. The Kier molecular flexibility index (Phi) is 2.52. The molecular weight excluding hydrogens is 270 g/mol. The summed E-state index contributed by atoms with van der Waals surface area (Å²) in [7, 11) is 1.76. The second kappa shape index (κ2) is 3.58. The summed E-state index contributed by atoms with van der Waals surface area (Å²) in [6.07, 6.45) is 1.57. The van der Waals surface area contributed by atoms with Crippen molar-refractivity contribution in [2.75, 3.05) is 0 Å². The maximum atomic E-state index is 12.3. The fourth-order valence-electron chi connectivity index (χ4n) is 1.51. The molecular formula is C10H8F3NSe. The molecule has 80 valence electrons. The predicted molar refractivity (Wildman–Crippen MR) is 54.4 cm³/mol. The van der Waals surface area contributed by atoms with Crippen molar-refractivity contribution >= 4 is 30.3 Å². The molecule has 0 saturated heterocycles.